The summed E-state index contributed by atoms with van der Waals surface area (Å²) in [5.41, 5.74) is -0.878. The second kappa shape index (κ2) is 7.08. The zero-order valence-corrected chi connectivity index (χ0v) is 11.8. The Morgan fingerprint density at radius 3 is 2.70 bits per heavy atom. The molecule has 2 aromatic rings. The van der Waals surface area contributed by atoms with Crippen molar-refractivity contribution < 1.29 is 18.3 Å². The number of esters is 1. The molecule has 0 radical (unpaired) electrons. The average molecular weight is 320 g/mol. The van der Waals surface area contributed by atoms with Crippen LogP contribution in [0.2, 0.25) is 0 Å². The Bertz CT molecular complexity index is 759. The van der Waals surface area contributed by atoms with Crippen LogP contribution in [0, 0.1) is 23.0 Å². The molecular weight excluding hydrogens is 310 g/mol. The van der Waals surface area contributed by atoms with Crippen molar-refractivity contribution in [1.29, 1.82) is 5.26 Å². The molecule has 1 heterocycles. The number of rotatable bonds is 5. The molecule has 0 saturated carbocycles. The van der Waals surface area contributed by atoms with E-state index in [1.165, 1.54) is 0 Å². The fourth-order valence-electron chi connectivity index (χ4n) is 1.61. The van der Waals surface area contributed by atoms with Gasteiger partial charge in [-0.05, 0) is 24.3 Å². The van der Waals surface area contributed by atoms with Gasteiger partial charge in [-0.25, -0.2) is 13.6 Å². The highest BCUT2D eigenvalue weighted by atomic mass is 19.1. The highest BCUT2D eigenvalue weighted by molar-refractivity contribution is 5.90. The number of allylic oxidation sites excluding steroid dienone is 1. The average Bonchev–Trinajstić information content (AvgIpc) is 3.04. The number of hydrogen-bond donors (Lipinski definition) is 2. The number of anilines is 1. The SMILES string of the molecule is CCOC(=O)c1cc(F)c(NC=C(C#N)c2nn[nH]n2)c(F)c1. The van der Waals surface area contributed by atoms with Crippen molar-refractivity contribution in [3.8, 4) is 6.07 Å². The predicted octanol–water partition coefficient (Wildman–Crippen LogP) is 1.63. The van der Waals surface area contributed by atoms with Crippen molar-refractivity contribution in [3.63, 3.8) is 0 Å². The van der Waals surface area contributed by atoms with Gasteiger partial charge in [0.25, 0.3) is 0 Å². The number of benzene rings is 1. The lowest BCUT2D eigenvalue weighted by molar-refractivity contribution is 0.0525. The first-order valence-electron chi connectivity index (χ1n) is 6.33. The van der Waals surface area contributed by atoms with Gasteiger partial charge in [0, 0.05) is 6.20 Å². The number of carbonyl (C=O) groups excluding carboxylic acids is 1. The Morgan fingerprint density at radius 2 is 2.17 bits per heavy atom. The maximum absolute atomic E-state index is 13.9. The predicted molar refractivity (Wildman–Crippen MR) is 73.7 cm³/mol. The molecule has 1 aromatic carbocycles. The summed E-state index contributed by atoms with van der Waals surface area (Å²) in [5, 5.41) is 23.8. The van der Waals surface area contributed by atoms with E-state index in [4.69, 9.17) is 5.26 Å². The summed E-state index contributed by atoms with van der Waals surface area (Å²) in [4.78, 5) is 11.5. The van der Waals surface area contributed by atoms with E-state index in [9.17, 15) is 13.6 Å². The van der Waals surface area contributed by atoms with Gasteiger partial charge in [0.2, 0.25) is 5.82 Å². The molecule has 1 aromatic heterocycles. The molecule has 2 rings (SSSR count). The van der Waals surface area contributed by atoms with Crippen LogP contribution in [0.3, 0.4) is 0 Å². The number of nitrogens with zero attached hydrogens (tertiary/aromatic N) is 4. The van der Waals surface area contributed by atoms with Crippen LogP contribution >= 0.6 is 0 Å². The number of nitriles is 1. The van der Waals surface area contributed by atoms with Gasteiger partial charge in [-0.2, -0.15) is 10.5 Å². The highest BCUT2D eigenvalue weighted by Gasteiger charge is 2.16. The molecule has 0 amide bonds. The Balaban J connectivity index is 2.27. The third-order valence-electron chi connectivity index (χ3n) is 2.62. The third kappa shape index (κ3) is 3.65. The van der Waals surface area contributed by atoms with E-state index in [-0.39, 0.29) is 23.6 Å². The van der Waals surface area contributed by atoms with Crippen LogP contribution in [0.5, 0.6) is 0 Å². The van der Waals surface area contributed by atoms with E-state index in [0.29, 0.717) is 0 Å². The molecule has 23 heavy (non-hydrogen) atoms. The van der Waals surface area contributed by atoms with E-state index >= 15 is 0 Å². The monoisotopic (exact) mass is 320 g/mol. The molecule has 10 heteroatoms. The number of H-pyrrole nitrogens is 1. The smallest absolute Gasteiger partial charge is 0.338 e. The fraction of sp³-hybridized carbons (Fsp3) is 0.154. The number of halogens is 2. The first kappa shape index (κ1) is 16.0. The molecule has 0 fully saturated rings. The van der Waals surface area contributed by atoms with E-state index in [1.807, 2.05) is 0 Å². The molecular formula is C13H10F2N6O2. The first-order chi connectivity index (χ1) is 11.1. The quantitative estimate of drug-likeness (QED) is 0.635. The van der Waals surface area contributed by atoms with Crippen LogP contribution in [0.4, 0.5) is 14.5 Å². The normalized spacial score (nSPS) is 11.0. The highest BCUT2D eigenvalue weighted by Crippen LogP contribution is 2.22. The lowest BCUT2D eigenvalue weighted by Gasteiger charge is -2.08. The Labute approximate surface area is 128 Å². The number of aromatic nitrogens is 4. The van der Waals surface area contributed by atoms with E-state index in [2.05, 4.69) is 30.7 Å². The molecule has 0 aliphatic carbocycles. The van der Waals surface area contributed by atoms with E-state index in [0.717, 1.165) is 18.3 Å². The molecule has 2 N–H and O–H groups in total. The van der Waals surface area contributed by atoms with Crippen LogP contribution < -0.4 is 5.32 Å². The molecule has 0 bridgehead atoms. The van der Waals surface area contributed by atoms with Crippen molar-refractivity contribution in [1.82, 2.24) is 20.6 Å². The van der Waals surface area contributed by atoms with Crippen LogP contribution in [0.25, 0.3) is 5.57 Å². The largest absolute Gasteiger partial charge is 0.462 e. The summed E-state index contributed by atoms with van der Waals surface area (Å²) in [5.74, 6) is -2.91. The second-order valence-corrected chi connectivity index (χ2v) is 4.08. The van der Waals surface area contributed by atoms with Crippen LogP contribution in [-0.4, -0.2) is 33.2 Å². The number of tetrazole rings is 1. The van der Waals surface area contributed by atoms with Gasteiger partial charge in [0.1, 0.15) is 17.3 Å². The van der Waals surface area contributed by atoms with Gasteiger partial charge in [-0.15, -0.1) is 10.2 Å². The second-order valence-electron chi connectivity index (χ2n) is 4.08. The minimum Gasteiger partial charge on any atom is -0.462 e. The van der Waals surface area contributed by atoms with Gasteiger partial charge < -0.3 is 10.1 Å². The molecule has 0 atom stereocenters. The van der Waals surface area contributed by atoms with Crippen molar-refractivity contribution in [3.05, 3.63) is 41.4 Å². The number of aromatic amines is 1. The maximum Gasteiger partial charge on any atom is 0.338 e. The third-order valence-corrected chi connectivity index (χ3v) is 2.62. The summed E-state index contributed by atoms with van der Waals surface area (Å²) in [6, 6.07) is 3.42. The lowest BCUT2D eigenvalue weighted by Crippen LogP contribution is -2.07. The van der Waals surface area contributed by atoms with E-state index in [1.54, 1.807) is 13.0 Å². The number of nitrogens with one attached hydrogen (secondary N) is 2. The van der Waals surface area contributed by atoms with Crippen LogP contribution in [0.15, 0.2) is 18.3 Å². The number of carbonyl (C=O) groups is 1. The van der Waals surface area contributed by atoms with Crippen molar-refractivity contribution in [2.45, 2.75) is 6.92 Å². The summed E-state index contributed by atoms with van der Waals surface area (Å²) in [6.07, 6.45) is 1.02. The zero-order valence-electron chi connectivity index (χ0n) is 11.8. The molecule has 8 nitrogen and oxygen atoms in total. The Kier molecular flexibility index (Phi) is 4.93. The van der Waals surface area contributed by atoms with Crippen molar-refractivity contribution in [2.24, 2.45) is 0 Å². The topological polar surface area (TPSA) is 117 Å². The van der Waals surface area contributed by atoms with Gasteiger partial charge in [-0.3, -0.25) is 0 Å². The van der Waals surface area contributed by atoms with Crippen molar-refractivity contribution in [2.75, 3.05) is 11.9 Å². The standard InChI is InChI=1S/C13H10F2N6O2/c1-2-23-13(22)7-3-9(14)11(10(15)4-7)17-6-8(5-16)12-18-20-21-19-12/h3-4,6,17H,2H2,1H3,(H,18,19,20,21). The fourth-order valence-corrected chi connectivity index (χ4v) is 1.61. The van der Waals surface area contributed by atoms with Crippen LogP contribution in [-0.2, 0) is 4.74 Å². The summed E-state index contributed by atoms with van der Waals surface area (Å²) >= 11 is 0. The maximum atomic E-state index is 13.9. The molecule has 0 aliphatic heterocycles. The Morgan fingerprint density at radius 1 is 1.48 bits per heavy atom. The Hall–Kier alpha value is -3.35. The molecule has 0 spiro atoms. The molecule has 0 unspecified atom stereocenters. The summed E-state index contributed by atoms with van der Waals surface area (Å²) < 4.78 is 32.5. The molecule has 118 valence electrons. The summed E-state index contributed by atoms with van der Waals surface area (Å²) in [7, 11) is 0. The lowest BCUT2D eigenvalue weighted by atomic mass is 10.2. The van der Waals surface area contributed by atoms with Gasteiger partial charge in [-0.1, -0.05) is 0 Å². The van der Waals surface area contributed by atoms with Gasteiger partial charge in [0.15, 0.2) is 11.6 Å². The molecule has 0 saturated heterocycles. The van der Waals surface area contributed by atoms with Gasteiger partial charge >= 0.3 is 5.97 Å². The minimum atomic E-state index is -1.02. The van der Waals surface area contributed by atoms with Crippen molar-refractivity contribution >= 4 is 17.2 Å². The summed E-state index contributed by atoms with van der Waals surface area (Å²) in [6.45, 7) is 1.66. The molecule has 0 aliphatic rings. The number of hydrogen-bond acceptors (Lipinski definition) is 7. The van der Waals surface area contributed by atoms with Crippen LogP contribution in [0.1, 0.15) is 23.1 Å². The number of ether oxygens (including phenoxy) is 1. The first-order valence-corrected chi connectivity index (χ1v) is 6.33. The van der Waals surface area contributed by atoms with Gasteiger partial charge in [0.05, 0.1) is 12.2 Å². The van der Waals surface area contributed by atoms with E-state index < -0.39 is 23.3 Å². The zero-order chi connectivity index (χ0) is 16.8. The minimum absolute atomic E-state index is 0.0380.